The van der Waals surface area contributed by atoms with Crippen molar-refractivity contribution in [3.05, 3.63) is 53.4 Å². The van der Waals surface area contributed by atoms with E-state index in [1.165, 1.54) is 14.2 Å². The standard InChI is InChI=1S/C18H23N5O4S/c1-11-17(12(2)21-20-11)28(24,25)22-16(18-19-6-7-23(18)3)13-8-14(26-4)10-15(9-13)27-5/h6-10,16,22H,1-5H3,(H,20,21). The van der Waals surface area contributed by atoms with E-state index in [0.717, 1.165) is 0 Å². The summed E-state index contributed by atoms with van der Waals surface area (Å²) in [5, 5.41) is 6.70. The SMILES string of the molecule is COc1cc(OC)cc(C(NS(=O)(=O)c2c(C)n[nH]c2C)c2nccn2C)c1. The first-order valence-electron chi connectivity index (χ1n) is 8.51. The monoisotopic (exact) mass is 405 g/mol. The van der Waals surface area contributed by atoms with Gasteiger partial charge in [0.05, 0.1) is 25.6 Å². The normalized spacial score (nSPS) is 12.8. The third kappa shape index (κ3) is 3.73. The fourth-order valence-corrected chi connectivity index (χ4v) is 4.62. The average molecular weight is 405 g/mol. The zero-order valence-electron chi connectivity index (χ0n) is 16.3. The number of aromatic nitrogens is 4. The van der Waals surface area contributed by atoms with Crippen molar-refractivity contribution in [1.29, 1.82) is 0 Å². The van der Waals surface area contributed by atoms with Gasteiger partial charge in [-0.15, -0.1) is 0 Å². The van der Waals surface area contributed by atoms with Crippen LogP contribution in [-0.2, 0) is 17.1 Å². The Morgan fingerprint density at radius 3 is 2.25 bits per heavy atom. The number of nitrogens with one attached hydrogen (secondary N) is 2. The van der Waals surface area contributed by atoms with E-state index in [4.69, 9.17) is 9.47 Å². The van der Waals surface area contributed by atoms with Crippen molar-refractivity contribution in [1.82, 2.24) is 24.5 Å². The van der Waals surface area contributed by atoms with E-state index in [-0.39, 0.29) is 4.90 Å². The maximum Gasteiger partial charge on any atom is 0.245 e. The summed E-state index contributed by atoms with van der Waals surface area (Å²) in [5.74, 6) is 1.62. The number of imidazole rings is 1. The number of aromatic amines is 1. The molecule has 0 amide bonds. The van der Waals surface area contributed by atoms with Gasteiger partial charge in [0.25, 0.3) is 0 Å². The lowest BCUT2D eigenvalue weighted by atomic mass is 10.1. The van der Waals surface area contributed by atoms with Crippen molar-refractivity contribution in [3.63, 3.8) is 0 Å². The minimum atomic E-state index is -3.89. The van der Waals surface area contributed by atoms with Gasteiger partial charge in [0.2, 0.25) is 10.0 Å². The molecular weight excluding hydrogens is 382 g/mol. The maximum atomic E-state index is 13.2. The van der Waals surface area contributed by atoms with Gasteiger partial charge >= 0.3 is 0 Å². The number of hydrogen-bond donors (Lipinski definition) is 2. The summed E-state index contributed by atoms with van der Waals surface area (Å²) in [4.78, 5) is 4.47. The van der Waals surface area contributed by atoms with Gasteiger partial charge < -0.3 is 14.0 Å². The molecular formula is C18H23N5O4S. The van der Waals surface area contributed by atoms with Crippen molar-refractivity contribution in [2.75, 3.05) is 14.2 Å². The number of hydrogen-bond acceptors (Lipinski definition) is 6. The Labute approximate surface area is 163 Å². The lowest BCUT2D eigenvalue weighted by Crippen LogP contribution is -2.31. The van der Waals surface area contributed by atoms with Crippen LogP contribution < -0.4 is 14.2 Å². The molecule has 0 bridgehead atoms. The third-order valence-corrected chi connectivity index (χ3v) is 6.11. The smallest absolute Gasteiger partial charge is 0.245 e. The maximum absolute atomic E-state index is 13.2. The van der Waals surface area contributed by atoms with Crippen LogP contribution in [0.4, 0.5) is 0 Å². The largest absolute Gasteiger partial charge is 0.497 e. The van der Waals surface area contributed by atoms with Gasteiger partial charge in [-0.3, -0.25) is 5.10 Å². The van der Waals surface area contributed by atoms with E-state index < -0.39 is 16.1 Å². The highest BCUT2D eigenvalue weighted by molar-refractivity contribution is 7.89. The molecule has 0 saturated carbocycles. The molecule has 0 aliphatic heterocycles. The number of methoxy groups -OCH3 is 2. The number of H-pyrrole nitrogens is 1. The van der Waals surface area contributed by atoms with Crippen molar-refractivity contribution < 1.29 is 17.9 Å². The Balaban J connectivity index is 2.13. The van der Waals surface area contributed by atoms with Gasteiger partial charge in [-0.05, 0) is 31.5 Å². The molecule has 10 heteroatoms. The van der Waals surface area contributed by atoms with E-state index in [0.29, 0.717) is 34.3 Å². The molecule has 0 radical (unpaired) electrons. The van der Waals surface area contributed by atoms with Crippen LogP contribution in [0, 0.1) is 13.8 Å². The summed E-state index contributed by atoms with van der Waals surface area (Å²) in [6, 6.07) is 4.46. The van der Waals surface area contributed by atoms with Crippen LogP contribution in [0.1, 0.15) is 28.8 Å². The summed E-state index contributed by atoms with van der Waals surface area (Å²) < 4.78 is 41.5. The first-order chi connectivity index (χ1) is 13.3. The molecule has 3 rings (SSSR count). The zero-order valence-corrected chi connectivity index (χ0v) is 17.2. The van der Waals surface area contributed by atoms with Gasteiger partial charge in [0.1, 0.15) is 28.3 Å². The Morgan fingerprint density at radius 2 is 1.79 bits per heavy atom. The molecule has 1 atom stereocenters. The second kappa shape index (κ2) is 7.64. The fourth-order valence-electron chi connectivity index (χ4n) is 3.07. The minimum absolute atomic E-state index is 0.126. The first kappa shape index (κ1) is 19.9. The Bertz CT molecular complexity index is 1050. The lowest BCUT2D eigenvalue weighted by Gasteiger charge is -2.20. The fraction of sp³-hybridized carbons (Fsp3) is 0.333. The van der Waals surface area contributed by atoms with Crippen molar-refractivity contribution in [3.8, 4) is 11.5 Å². The highest BCUT2D eigenvalue weighted by Crippen LogP contribution is 2.31. The van der Waals surface area contributed by atoms with Crippen molar-refractivity contribution >= 4 is 10.0 Å². The molecule has 2 aromatic heterocycles. The molecule has 150 valence electrons. The molecule has 2 N–H and O–H groups in total. The summed E-state index contributed by atoms with van der Waals surface area (Å²) in [7, 11) is 0.991. The Kier molecular flexibility index (Phi) is 5.43. The highest BCUT2D eigenvalue weighted by atomic mass is 32.2. The molecule has 0 aliphatic carbocycles. The molecule has 2 heterocycles. The van der Waals surface area contributed by atoms with Crippen LogP contribution in [0.3, 0.4) is 0 Å². The van der Waals surface area contributed by atoms with Crippen molar-refractivity contribution in [2.24, 2.45) is 7.05 Å². The lowest BCUT2D eigenvalue weighted by molar-refractivity contribution is 0.392. The third-order valence-electron chi connectivity index (χ3n) is 4.43. The number of ether oxygens (including phenoxy) is 2. The van der Waals surface area contributed by atoms with Crippen LogP contribution >= 0.6 is 0 Å². The van der Waals surface area contributed by atoms with Gasteiger partial charge in [-0.2, -0.15) is 9.82 Å². The Morgan fingerprint density at radius 1 is 1.14 bits per heavy atom. The molecule has 9 nitrogen and oxygen atoms in total. The molecule has 1 unspecified atom stereocenters. The number of rotatable bonds is 7. The molecule has 0 saturated heterocycles. The second-order valence-corrected chi connectivity index (χ2v) is 8.01. The molecule has 0 aliphatic rings. The van der Waals surface area contributed by atoms with Crippen molar-refractivity contribution in [2.45, 2.75) is 24.8 Å². The second-order valence-electron chi connectivity index (χ2n) is 6.36. The Hall–Kier alpha value is -2.85. The molecule has 0 spiro atoms. The number of sulfonamides is 1. The summed E-state index contributed by atoms with van der Waals surface area (Å²) >= 11 is 0. The van der Waals surface area contributed by atoms with Crippen LogP contribution in [0.15, 0.2) is 35.5 Å². The predicted octanol–water partition coefficient (Wildman–Crippen LogP) is 1.85. The number of aryl methyl sites for hydroxylation is 3. The molecule has 3 aromatic rings. The molecule has 0 fully saturated rings. The van der Waals surface area contributed by atoms with Gasteiger partial charge in [-0.25, -0.2) is 13.4 Å². The highest BCUT2D eigenvalue weighted by Gasteiger charge is 2.30. The average Bonchev–Trinajstić information content (AvgIpc) is 3.24. The van der Waals surface area contributed by atoms with E-state index in [1.807, 2.05) is 0 Å². The first-order valence-corrected chi connectivity index (χ1v) is 9.99. The van der Waals surface area contributed by atoms with Crippen LogP contribution in [0.5, 0.6) is 11.5 Å². The number of nitrogens with zero attached hydrogens (tertiary/aromatic N) is 3. The van der Waals surface area contributed by atoms with E-state index in [1.54, 1.807) is 56.1 Å². The molecule has 1 aromatic carbocycles. The minimum Gasteiger partial charge on any atom is -0.497 e. The predicted molar refractivity (Wildman–Crippen MR) is 103 cm³/mol. The van der Waals surface area contributed by atoms with Gasteiger partial charge in [-0.1, -0.05) is 0 Å². The van der Waals surface area contributed by atoms with E-state index in [2.05, 4.69) is 19.9 Å². The molecule has 28 heavy (non-hydrogen) atoms. The van der Waals surface area contributed by atoms with Crippen LogP contribution in [-0.4, -0.2) is 42.4 Å². The van der Waals surface area contributed by atoms with Crippen LogP contribution in [0.25, 0.3) is 0 Å². The topological polar surface area (TPSA) is 111 Å². The quantitative estimate of drug-likeness (QED) is 0.621. The van der Waals surface area contributed by atoms with E-state index >= 15 is 0 Å². The zero-order chi connectivity index (χ0) is 20.5. The number of benzene rings is 1. The summed E-state index contributed by atoms with van der Waals surface area (Å²) in [6.45, 7) is 3.31. The van der Waals surface area contributed by atoms with E-state index in [9.17, 15) is 8.42 Å². The van der Waals surface area contributed by atoms with Crippen LogP contribution in [0.2, 0.25) is 0 Å². The summed E-state index contributed by atoms with van der Waals surface area (Å²) in [6.07, 6.45) is 3.37. The van der Waals surface area contributed by atoms with Gasteiger partial charge in [0, 0.05) is 25.5 Å². The van der Waals surface area contributed by atoms with Gasteiger partial charge in [0.15, 0.2) is 0 Å². The summed E-state index contributed by atoms with van der Waals surface area (Å²) in [5.41, 5.74) is 1.49.